The second-order valence-electron chi connectivity index (χ2n) is 4.80. The minimum absolute atomic E-state index is 0.0376. The summed E-state index contributed by atoms with van der Waals surface area (Å²) >= 11 is 0. The number of nitrogen functional groups attached to an aromatic ring is 1. The molecule has 1 heterocycles. The number of carbonyl (C=O) groups is 2. The van der Waals surface area contributed by atoms with Gasteiger partial charge in [-0.3, -0.25) is 4.79 Å². The molecule has 1 rings (SSSR count). The lowest BCUT2D eigenvalue weighted by atomic mass is 10.0. The molecule has 1 aromatic rings. The van der Waals surface area contributed by atoms with Crippen molar-refractivity contribution in [2.45, 2.75) is 40.2 Å². The molecule has 20 heavy (non-hydrogen) atoms. The molecule has 0 radical (unpaired) electrons. The molecule has 7 heteroatoms. The normalized spacial score (nSPS) is 12.4. The lowest BCUT2D eigenvalue weighted by Crippen LogP contribution is -2.32. The molecule has 1 amide bonds. The second kappa shape index (κ2) is 6.40. The maximum atomic E-state index is 11.8. The Kier molecular flexibility index (Phi) is 5.12. The number of hydrogen-bond donors (Lipinski definition) is 2. The average Bonchev–Trinajstić information content (AvgIpc) is 2.67. The number of aryl methyl sites for hydroxylation is 1. The second-order valence-corrected chi connectivity index (χ2v) is 4.80. The molecule has 112 valence electrons. The number of nitrogens with two attached hydrogens (primary N) is 2. The van der Waals surface area contributed by atoms with Crippen molar-refractivity contribution >= 4 is 17.7 Å². The fourth-order valence-electron chi connectivity index (χ4n) is 2.16. The first-order valence-electron chi connectivity index (χ1n) is 6.68. The Morgan fingerprint density at radius 3 is 2.35 bits per heavy atom. The van der Waals surface area contributed by atoms with Gasteiger partial charge in [0.1, 0.15) is 17.7 Å². The molecular formula is C13H22N4O3. The van der Waals surface area contributed by atoms with E-state index in [0.717, 1.165) is 0 Å². The summed E-state index contributed by atoms with van der Waals surface area (Å²) in [6, 6.07) is -0.638. The number of hydrogen-bond acceptors (Lipinski definition) is 5. The molecule has 0 aliphatic carbocycles. The van der Waals surface area contributed by atoms with E-state index in [1.165, 1.54) is 0 Å². The quantitative estimate of drug-likeness (QED) is 0.752. The van der Waals surface area contributed by atoms with E-state index in [0.29, 0.717) is 12.2 Å². The molecule has 0 aliphatic heterocycles. The van der Waals surface area contributed by atoms with Gasteiger partial charge >= 0.3 is 5.97 Å². The van der Waals surface area contributed by atoms with Gasteiger partial charge in [0, 0.05) is 6.42 Å². The lowest BCUT2D eigenvalue weighted by Gasteiger charge is -2.22. The van der Waals surface area contributed by atoms with Gasteiger partial charge < -0.3 is 20.8 Å². The van der Waals surface area contributed by atoms with E-state index in [9.17, 15) is 9.59 Å². The maximum Gasteiger partial charge on any atom is 0.360 e. The van der Waals surface area contributed by atoms with E-state index in [4.69, 9.17) is 16.2 Å². The van der Waals surface area contributed by atoms with E-state index in [1.54, 1.807) is 11.5 Å². The number of primary amides is 1. The molecule has 0 aliphatic rings. The van der Waals surface area contributed by atoms with E-state index < -0.39 is 17.9 Å². The van der Waals surface area contributed by atoms with Crippen LogP contribution in [0.25, 0.3) is 0 Å². The van der Waals surface area contributed by atoms with Crippen molar-refractivity contribution in [1.29, 1.82) is 0 Å². The standard InChI is InChI=1S/C13H22N4O3/c1-5-8-16-9(13(19)20-6-2)11(14)17(8)10(7(3)4)12(15)18/h7,10H,5-6,14H2,1-4H3,(H2,15,18). The lowest BCUT2D eigenvalue weighted by molar-refractivity contribution is -0.122. The smallest absolute Gasteiger partial charge is 0.360 e. The van der Waals surface area contributed by atoms with Crippen LogP contribution in [0.3, 0.4) is 0 Å². The first-order chi connectivity index (χ1) is 9.34. The Labute approximate surface area is 118 Å². The summed E-state index contributed by atoms with van der Waals surface area (Å²) < 4.78 is 6.45. The minimum atomic E-state index is -0.638. The highest BCUT2D eigenvalue weighted by Crippen LogP contribution is 2.26. The van der Waals surface area contributed by atoms with Crippen LogP contribution in [0, 0.1) is 5.92 Å². The van der Waals surface area contributed by atoms with E-state index >= 15 is 0 Å². The molecule has 1 unspecified atom stereocenters. The molecule has 4 N–H and O–H groups in total. The zero-order valence-electron chi connectivity index (χ0n) is 12.3. The third kappa shape index (κ3) is 2.92. The molecular weight excluding hydrogens is 260 g/mol. The van der Waals surface area contributed by atoms with E-state index in [2.05, 4.69) is 4.98 Å². The fourth-order valence-corrected chi connectivity index (χ4v) is 2.16. The van der Waals surface area contributed by atoms with Crippen LogP contribution >= 0.6 is 0 Å². The van der Waals surface area contributed by atoms with E-state index in [1.807, 2.05) is 20.8 Å². The van der Waals surface area contributed by atoms with Crippen LogP contribution in [0.1, 0.15) is 50.0 Å². The SMILES string of the molecule is CCOC(=O)c1nc(CC)n(C(C(N)=O)C(C)C)c1N. The Balaban J connectivity index is 3.38. The number of amides is 1. The van der Waals surface area contributed by atoms with Gasteiger partial charge in [0.15, 0.2) is 5.69 Å². The van der Waals surface area contributed by atoms with Gasteiger partial charge in [0.2, 0.25) is 5.91 Å². The predicted molar refractivity (Wildman–Crippen MR) is 75.0 cm³/mol. The van der Waals surface area contributed by atoms with Crippen molar-refractivity contribution in [3.05, 3.63) is 11.5 Å². The zero-order chi connectivity index (χ0) is 15.4. The van der Waals surface area contributed by atoms with Gasteiger partial charge in [0.25, 0.3) is 0 Å². The van der Waals surface area contributed by atoms with Crippen LogP contribution in [0.4, 0.5) is 5.82 Å². The van der Waals surface area contributed by atoms with Crippen LogP contribution in [0.15, 0.2) is 0 Å². The Hall–Kier alpha value is -2.05. The summed E-state index contributed by atoms with van der Waals surface area (Å²) in [6.07, 6.45) is 0.528. The van der Waals surface area contributed by atoms with Gasteiger partial charge in [0.05, 0.1) is 6.61 Å². The Morgan fingerprint density at radius 2 is 1.95 bits per heavy atom. The van der Waals surface area contributed by atoms with Gasteiger partial charge in [-0.1, -0.05) is 20.8 Å². The molecule has 0 spiro atoms. The van der Waals surface area contributed by atoms with Crippen molar-refractivity contribution in [2.75, 3.05) is 12.3 Å². The molecule has 0 fully saturated rings. The highest BCUT2D eigenvalue weighted by molar-refractivity contribution is 5.93. The van der Waals surface area contributed by atoms with Crippen LogP contribution in [-0.4, -0.2) is 28.0 Å². The molecule has 0 saturated heterocycles. The number of rotatable bonds is 6. The molecule has 7 nitrogen and oxygen atoms in total. The van der Waals surface area contributed by atoms with E-state index in [-0.39, 0.29) is 24.0 Å². The predicted octanol–water partition coefficient (Wildman–Crippen LogP) is 0.887. The minimum Gasteiger partial charge on any atom is -0.461 e. The van der Waals surface area contributed by atoms with Gasteiger partial charge in [-0.25, -0.2) is 9.78 Å². The first kappa shape index (κ1) is 16.0. The number of carbonyl (C=O) groups excluding carboxylic acids is 2. The third-order valence-corrected chi connectivity index (χ3v) is 3.01. The Morgan fingerprint density at radius 1 is 1.35 bits per heavy atom. The number of nitrogens with zero attached hydrogens (tertiary/aromatic N) is 2. The zero-order valence-corrected chi connectivity index (χ0v) is 12.3. The maximum absolute atomic E-state index is 11.8. The number of aromatic nitrogens is 2. The summed E-state index contributed by atoms with van der Waals surface area (Å²) in [4.78, 5) is 27.7. The summed E-state index contributed by atoms with van der Waals surface area (Å²) in [6.45, 7) is 7.52. The molecule has 1 aromatic heterocycles. The number of esters is 1. The summed E-state index contributed by atoms with van der Waals surface area (Å²) in [5.74, 6) is -0.496. The number of anilines is 1. The largest absolute Gasteiger partial charge is 0.461 e. The molecule has 0 aromatic carbocycles. The highest BCUT2D eigenvalue weighted by Gasteiger charge is 2.30. The van der Waals surface area contributed by atoms with Gasteiger partial charge in [-0.15, -0.1) is 0 Å². The first-order valence-corrected chi connectivity index (χ1v) is 6.68. The number of ether oxygens (including phenoxy) is 1. The molecule has 0 bridgehead atoms. The van der Waals surface area contributed by atoms with Crippen molar-refractivity contribution in [2.24, 2.45) is 11.7 Å². The Bertz CT molecular complexity index is 508. The van der Waals surface area contributed by atoms with Crippen molar-refractivity contribution in [3.63, 3.8) is 0 Å². The highest BCUT2D eigenvalue weighted by atomic mass is 16.5. The fraction of sp³-hybridized carbons (Fsp3) is 0.615. The van der Waals surface area contributed by atoms with Crippen molar-refractivity contribution in [1.82, 2.24) is 9.55 Å². The topological polar surface area (TPSA) is 113 Å². The van der Waals surface area contributed by atoms with Crippen LogP contribution in [0.5, 0.6) is 0 Å². The third-order valence-electron chi connectivity index (χ3n) is 3.01. The monoisotopic (exact) mass is 282 g/mol. The number of imidazole rings is 1. The molecule has 0 saturated carbocycles. The van der Waals surface area contributed by atoms with Crippen LogP contribution in [-0.2, 0) is 16.0 Å². The summed E-state index contributed by atoms with van der Waals surface area (Å²) in [5.41, 5.74) is 11.5. The summed E-state index contributed by atoms with van der Waals surface area (Å²) in [7, 11) is 0. The van der Waals surface area contributed by atoms with Gasteiger partial charge in [-0.2, -0.15) is 0 Å². The van der Waals surface area contributed by atoms with Crippen molar-refractivity contribution < 1.29 is 14.3 Å². The average molecular weight is 282 g/mol. The van der Waals surface area contributed by atoms with Gasteiger partial charge in [-0.05, 0) is 12.8 Å². The van der Waals surface area contributed by atoms with Crippen LogP contribution in [0.2, 0.25) is 0 Å². The van der Waals surface area contributed by atoms with Crippen molar-refractivity contribution in [3.8, 4) is 0 Å². The molecule has 1 atom stereocenters. The van der Waals surface area contributed by atoms with Crippen LogP contribution < -0.4 is 11.5 Å². The summed E-state index contributed by atoms with van der Waals surface area (Å²) in [5, 5.41) is 0.